The normalized spacial score (nSPS) is 26.0. The lowest BCUT2D eigenvalue weighted by atomic mass is 10.0. The van der Waals surface area contributed by atoms with Gasteiger partial charge in [-0.25, -0.2) is 0 Å². The molecule has 0 radical (unpaired) electrons. The van der Waals surface area contributed by atoms with E-state index in [1.54, 1.807) is 4.80 Å². The predicted molar refractivity (Wildman–Crippen MR) is 59.8 cm³/mol. The third kappa shape index (κ3) is 2.01. The van der Waals surface area contributed by atoms with Crippen LogP contribution in [0.1, 0.15) is 26.0 Å². The van der Waals surface area contributed by atoms with Crippen LogP contribution in [0.5, 0.6) is 0 Å². The van der Waals surface area contributed by atoms with Crippen LogP contribution in [-0.4, -0.2) is 37.4 Å². The Morgan fingerprint density at radius 3 is 2.80 bits per heavy atom. The Balaban J connectivity index is 2.07. The Kier molecular flexibility index (Phi) is 2.73. The zero-order valence-electron chi connectivity index (χ0n) is 9.44. The van der Waals surface area contributed by atoms with Crippen molar-refractivity contribution in [3.05, 3.63) is 11.9 Å². The van der Waals surface area contributed by atoms with Crippen LogP contribution in [-0.2, 0) is 13.6 Å². The first kappa shape index (κ1) is 10.9. The van der Waals surface area contributed by atoms with E-state index in [-0.39, 0.29) is 10.9 Å². The van der Waals surface area contributed by atoms with Gasteiger partial charge < -0.3 is 0 Å². The van der Waals surface area contributed by atoms with Gasteiger partial charge in [-0.15, -0.1) is 11.6 Å². The van der Waals surface area contributed by atoms with Gasteiger partial charge in [-0.2, -0.15) is 15.0 Å². The van der Waals surface area contributed by atoms with E-state index in [1.807, 2.05) is 13.2 Å². The van der Waals surface area contributed by atoms with Crippen LogP contribution >= 0.6 is 11.6 Å². The van der Waals surface area contributed by atoms with Crippen molar-refractivity contribution >= 4 is 11.6 Å². The Morgan fingerprint density at radius 2 is 2.33 bits per heavy atom. The van der Waals surface area contributed by atoms with Gasteiger partial charge in [0, 0.05) is 25.7 Å². The summed E-state index contributed by atoms with van der Waals surface area (Å²) in [5.74, 6) is 0. The van der Waals surface area contributed by atoms with E-state index in [0.717, 1.165) is 25.2 Å². The molecule has 0 bridgehead atoms. The summed E-state index contributed by atoms with van der Waals surface area (Å²) in [6.45, 7) is 6.25. The maximum Gasteiger partial charge on any atom is 0.0967 e. The van der Waals surface area contributed by atoms with E-state index in [2.05, 4.69) is 28.9 Å². The molecule has 0 amide bonds. The molecule has 1 aliphatic rings. The third-order valence-corrected chi connectivity index (χ3v) is 3.99. The van der Waals surface area contributed by atoms with Crippen LogP contribution in [0.15, 0.2) is 6.20 Å². The topological polar surface area (TPSA) is 34.0 Å². The lowest BCUT2D eigenvalue weighted by molar-refractivity contribution is 0.166. The fourth-order valence-electron chi connectivity index (χ4n) is 2.05. The number of rotatable bonds is 2. The van der Waals surface area contributed by atoms with Crippen molar-refractivity contribution in [2.24, 2.45) is 7.05 Å². The summed E-state index contributed by atoms with van der Waals surface area (Å²) in [5.41, 5.74) is 1.07. The Labute approximate surface area is 95.2 Å². The largest absolute Gasteiger partial charge is 0.291 e. The van der Waals surface area contributed by atoms with E-state index in [0.29, 0.717) is 0 Å². The molecule has 0 saturated carbocycles. The molecule has 1 saturated heterocycles. The molecule has 2 heterocycles. The van der Waals surface area contributed by atoms with Crippen molar-refractivity contribution in [2.45, 2.75) is 37.7 Å². The summed E-state index contributed by atoms with van der Waals surface area (Å²) in [6, 6.07) is 0. The van der Waals surface area contributed by atoms with Crippen LogP contribution in [0.25, 0.3) is 0 Å². The molecule has 1 aromatic heterocycles. The average Bonchev–Trinajstić information content (AvgIpc) is 2.66. The zero-order chi connectivity index (χ0) is 11.1. The molecule has 4 nitrogen and oxygen atoms in total. The van der Waals surface area contributed by atoms with Gasteiger partial charge in [0.2, 0.25) is 0 Å². The molecule has 1 fully saturated rings. The van der Waals surface area contributed by atoms with Gasteiger partial charge in [-0.1, -0.05) is 0 Å². The summed E-state index contributed by atoms with van der Waals surface area (Å²) in [7, 11) is 1.84. The molecule has 1 unspecified atom stereocenters. The van der Waals surface area contributed by atoms with Gasteiger partial charge in [-0.3, -0.25) is 4.90 Å². The maximum absolute atomic E-state index is 6.29. The summed E-state index contributed by atoms with van der Waals surface area (Å²) >= 11 is 6.29. The fraction of sp³-hybridized carbons (Fsp3) is 0.800. The highest BCUT2D eigenvalue weighted by atomic mass is 35.5. The van der Waals surface area contributed by atoms with Gasteiger partial charge in [0.15, 0.2) is 0 Å². The average molecular weight is 229 g/mol. The fourth-order valence-corrected chi connectivity index (χ4v) is 2.28. The molecule has 5 heteroatoms. The summed E-state index contributed by atoms with van der Waals surface area (Å²) in [6.07, 6.45) is 2.87. The van der Waals surface area contributed by atoms with Crippen LogP contribution in [0, 0.1) is 0 Å². The van der Waals surface area contributed by atoms with Crippen molar-refractivity contribution in [3.63, 3.8) is 0 Å². The van der Waals surface area contributed by atoms with Gasteiger partial charge in [-0.05, 0) is 20.3 Å². The second kappa shape index (κ2) is 3.76. The van der Waals surface area contributed by atoms with E-state index in [4.69, 9.17) is 11.6 Å². The highest BCUT2D eigenvalue weighted by Gasteiger charge is 2.40. The molecule has 1 aliphatic heterocycles. The quantitative estimate of drug-likeness (QED) is 0.718. The first-order chi connectivity index (χ1) is 7.00. The Hall–Kier alpha value is -0.610. The first-order valence-electron chi connectivity index (χ1n) is 5.24. The molecule has 0 aliphatic carbocycles. The number of aromatic nitrogens is 3. The molecule has 0 spiro atoms. The van der Waals surface area contributed by atoms with E-state index >= 15 is 0 Å². The molecule has 15 heavy (non-hydrogen) atoms. The van der Waals surface area contributed by atoms with Crippen LogP contribution in [0.3, 0.4) is 0 Å². The minimum atomic E-state index is 0.0546. The van der Waals surface area contributed by atoms with Crippen molar-refractivity contribution in [1.29, 1.82) is 0 Å². The summed E-state index contributed by atoms with van der Waals surface area (Å²) in [4.78, 5) is 3.96. The molecule has 84 valence electrons. The van der Waals surface area contributed by atoms with Gasteiger partial charge >= 0.3 is 0 Å². The molecular weight excluding hydrogens is 212 g/mol. The molecule has 1 atom stereocenters. The molecule has 0 N–H and O–H groups in total. The van der Waals surface area contributed by atoms with Crippen molar-refractivity contribution in [2.75, 3.05) is 6.54 Å². The minimum absolute atomic E-state index is 0.0546. The van der Waals surface area contributed by atoms with Crippen molar-refractivity contribution in [3.8, 4) is 0 Å². The number of likely N-dealkylation sites (tertiary alicyclic amines) is 1. The highest BCUT2D eigenvalue weighted by Crippen LogP contribution is 2.33. The number of hydrogen-bond acceptors (Lipinski definition) is 3. The number of halogens is 1. The van der Waals surface area contributed by atoms with Gasteiger partial charge in [0.05, 0.1) is 17.3 Å². The predicted octanol–water partition coefficient (Wildman–Crippen LogP) is 1.41. The van der Waals surface area contributed by atoms with Crippen molar-refractivity contribution in [1.82, 2.24) is 19.9 Å². The van der Waals surface area contributed by atoms with Crippen LogP contribution < -0.4 is 0 Å². The maximum atomic E-state index is 6.29. The highest BCUT2D eigenvalue weighted by molar-refractivity contribution is 6.21. The SMILES string of the molecule is Cn1ncc(CN2CCC(Cl)C2(C)C)n1. The molecule has 2 rings (SSSR count). The van der Waals surface area contributed by atoms with Gasteiger partial charge in [0.1, 0.15) is 0 Å². The summed E-state index contributed by atoms with van der Waals surface area (Å²) in [5, 5.41) is 8.59. The zero-order valence-corrected chi connectivity index (χ0v) is 10.2. The van der Waals surface area contributed by atoms with E-state index in [1.165, 1.54) is 0 Å². The third-order valence-electron chi connectivity index (χ3n) is 3.23. The standard InChI is InChI=1S/C10H17ClN4/c1-10(2)9(11)4-5-15(10)7-8-6-12-14(3)13-8/h6,9H,4-5,7H2,1-3H3. The lowest BCUT2D eigenvalue weighted by Crippen LogP contribution is -2.42. The van der Waals surface area contributed by atoms with E-state index < -0.39 is 0 Å². The van der Waals surface area contributed by atoms with Gasteiger partial charge in [0.25, 0.3) is 0 Å². The number of aryl methyl sites for hydroxylation is 1. The number of hydrogen-bond donors (Lipinski definition) is 0. The Bertz CT molecular complexity index is 347. The molecule has 1 aromatic rings. The van der Waals surface area contributed by atoms with E-state index in [9.17, 15) is 0 Å². The minimum Gasteiger partial charge on any atom is -0.291 e. The van der Waals surface area contributed by atoms with Crippen LogP contribution in [0.4, 0.5) is 0 Å². The van der Waals surface area contributed by atoms with Crippen LogP contribution in [0.2, 0.25) is 0 Å². The molecule has 0 aromatic carbocycles. The Morgan fingerprint density at radius 1 is 1.60 bits per heavy atom. The molecular formula is C10H17ClN4. The van der Waals surface area contributed by atoms with Crippen molar-refractivity contribution < 1.29 is 0 Å². The monoisotopic (exact) mass is 228 g/mol. The first-order valence-corrected chi connectivity index (χ1v) is 5.68. The number of alkyl halides is 1. The summed E-state index contributed by atoms with van der Waals surface area (Å²) < 4.78 is 0. The second-order valence-electron chi connectivity index (χ2n) is 4.66. The lowest BCUT2D eigenvalue weighted by Gasteiger charge is -2.32. The number of nitrogens with zero attached hydrogens (tertiary/aromatic N) is 4. The smallest absolute Gasteiger partial charge is 0.0967 e. The second-order valence-corrected chi connectivity index (χ2v) is 5.18.